The first-order chi connectivity index (χ1) is 13.1. The van der Waals surface area contributed by atoms with Crippen LogP contribution in [0.5, 0.6) is 11.5 Å². The number of guanidine groups is 1. The number of ether oxygens (including phenoxy) is 2. The van der Waals surface area contributed by atoms with Gasteiger partial charge in [-0.1, -0.05) is 6.07 Å². The van der Waals surface area contributed by atoms with Crippen molar-refractivity contribution in [2.45, 2.75) is 33.2 Å². The monoisotopic (exact) mass is 373 g/mol. The lowest BCUT2D eigenvalue weighted by molar-refractivity contribution is 0.354. The number of aliphatic imine (C=N–C) groups is 1. The number of benzene rings is 1. The van der Waals surface area contributed by atoms with E-state index in [-0.39, 0.29) is 0 Å². The van der Waals surface area contributed by atoms with Crippen molar-refractivity contribution >= 4 is 5.96 Å². The Kier molecular flexibility index (Phi) is 7.98. The quantitative estimate of drug-likeness (QED) is 0.401. The van der Waals surface area contributed by atoms with E-state index in [2.05, 4.69) is 33.7 Å². The van der Waals surface area contributed by atoms with Gasteiger partial charge in [-0.2, -0.15) is 5.10 Å². The summed E-state index contributed by atoms with van der Waals surface area (Å²) in [6.07, 6.45) is 1.85. The van der Waals surface area contributed by atoms with E-state index >= 15 is 0 Å². The zero-order valence-corrected chi connectivity index (χ0v) is 17.0. The zero-order valence-electron chi connectivity index (χ0n) is 17.0. The van der Waals surface area contributed by atoms with Crippen molar-refractivity contribution in [3.05, 3.63) is 41.2 Å². The Morgan fingerprint density at radius 1 is 1.07 bits per heavy atom. The fourth-order valence-corrected chi connectivity index (χ4v) is 2.92. The largest absolute Gasteiger partial charge is 0.493 e. The molecule has 0 radical (unpaired) electrons. The highest BCUT2D eigenvalue weighted by atomic mass is 16.5. The van der Waals surface area contributed by atoms with E-state index in [0.717, 1.165) is 55.6 Å². The smallest absolute Gasteiger partial charge is 0.190 e. The average molecular weight is 374 g/mol. The Morgan fingerprint density at radius 3 is 2.44 bits per heavy atom. The first kappa shape index (κ1) is 20.6. The molecule has 0 saturated heterocycles. The van der Waals surface area contributed by atoms with Crippen molar-refractivity contribution < 1.29 is 9.47 Å². The van der Waals surface area contributed by atoms with Crippen molar-refractivity contribution in [2.75, 3.05) is 34.4 Å². The van der Waals surface area contributed by atoms with Crippen LogP contribution in [-0.2, 0) is 13.0 Å². The van der Waals surface area contributed by atoms with E-state index in [1.165, 1.54) is 11.3 Å². The van der Waals surface area contributed by atoms with Gasteiger partial charge in [0.1, 0.15) is 0 Å². The molecule has 0 atom stereocenters. The van der Waals surface area contributed by atoms with Crippen molar-refractivity contribution in [1.29, 1.82) is 0 Å². The van der Waals surface area contributed by atoms with Crippen LogP contribution in [0.2, 0.25) is 0 Å². The summed E-state index contributed by atoms with van der Waals surface area (Å²) in [5.74, 6) is 2.31. The molecule has 0 unspecified atom stereocenters. The van der Waals surface area contributed by atoms with Crippen molar-refractivity contribution in [3.8, 4) is 11.5 Å². The van der Waals surface area contributed by atoms with Gasteiger partial charge < -0.3 is 20.1 Å². The van der Waals surface area contributed by atoms with E-state index in [4.69, 9.17) is 9.47 Å². The first-order valence-corrected chi connectivity index (χ1v) is 9.24. The van der Waals surface area contributed by atoms with Gasteiger partial charge in [0, 0.05) is 32.4 Å². The minimum Gasteiger partial charge on any atom is -0.493 e. The maximum absolute atomic E-state index is 5.35. The molecule has 1 heterocycles. The number of nitrogens with zero attached hydrogens (tertiary/aromatic N) is 3. The number of rotatable bonds is 9. The van der Waals surface area contributed by atoms with Gasteiger partial charge >= 0.3 is 0 Å². The van der Waals surface area contributed by atoms with Crippen LogP contribution in [0.1, 0.15) is 23.4 Å². The van der Waals surface area contributed by atoms with Gasteiger partial charge in [0.05, 0.1) is 19.9 Å². The average Bonchev–Trinajstić information content (AvgIpc) is 3.00. The van der Waals surface area contributed by atoms with Crippen molar-refractivity contribution in [3.63, 3.8) is 0 Å². The summed E-state index contributed by atoms with van der Waals surface area (Å²) in [4.78, 5) is 4.27. The van der Waals surface area contributed by atoms with Gasteiger partial charge in [-0.3, -0.25) is 9.67 Å². The summed E-state index contributed by atoms with van der Waals surface area (Å²) < 4.78 is 12.7. The van der Waals surface area contributed by atoms with Crippen LogP contribution in [0.15, 0.2) is 29.3 Å². The fraction of sp³-hybridized carbons (Fsp3) is 0.500. The molecule has 2 N–H and O–H groups in total. The summed E-state index contributed by atoms with van der Waals surface area (Å²) >= 11 is 0. The molecule has 1 aromatic carbocycles. The molecule has 148 valence electrons. The van der Waals surface area contributed by atoms with E-state index in [1.807, 2.05) is 29.8 Å². The first-order valence-electron chi connectivity index (χ1n) is 9.24. The molecule has 7 heteroatoms. The van der Waals surface area contributed by atoms with Crippen LogP contribution in [0.4, 0.5) is 0 Å². The maximum atomic E-state index is 5.35. The Balaban J connectivity index is 1.72. The molecule has 7 nitrogen and oxygen atoms in total. The third kappa shape index (κ3) is 6.20. The third-order valence-electron chi connectivity index (χ3n) is 4.32. The Hall–Kier alpha value is -2.70. The Morgan fingerprint density at radius 2 is 1.81 bits per heavy atom. The topological polar surface area (TPSA) is 72.7 Å². The van der Waals surface area contributed by atoms with Crippen molar-refractivity contribution in [2.24, 2.45) is 4.99 Å². The lowest BCUT2D eigenvalue weighted by atomic mass is 10.1. The molecule has 1 aromatic heterocycles. The molecular formula is C20H31N5O2. The molecule has 0 aliphatic heterocycles. The van der Waals surface area contributed by atoms with Gasteiger partial charge in [0.15, 0.2) is 17.5 Å². The molecule has 0 amide bonds. The van der Waals surface area contributed by atoms with Crippen LogP contribution in [0.25, 0.3) is 0 Å². The number of hydrogen-bond donors (Lipinski definition) is 2. The molecule has 27 heavy (non-hydrogen) atoms. The number of aryl methyl sites for hydroxylation is 3. The highest BCUT2D eigenvalue weighted by molar-refractivity contribution is 5.79. The Labute approximate surface area is 161 Å². The van der Waals surface area contributed by atoms with Crippen LogP contribution < -0.4 is 20.1 Å². The molecular weight excluding hydrogens is 342 g/mol. The van der Waals surface area contributed by atoms with E-state index < -0.39 is 0 Å². The second kappa shape index (κ2) is 10.4. The molecule has 0 fully saturated rings. The molecule has 0 aliphatic rings. The van der Waals surface area contributed by atoms with E-state index in [1.54, 1.807) is 21.3 Å². The minimum absolute atomic E-state index is 0.745. The predicted molar refractivity (Wildman–Crippen MR) is 109 cm³/mol. The van der Waals surface area contributed by atoms with Gasteiger partial charge in [0.2, 0.25) is 0 Å². The summed E-state index contributed by atoms with van der Waals surface area (Å²) in [5, 5.41) is 11.2. The minimum atomic E-state index is 0.745. The van der Waals surface area contributed by atoms with Gasteiger partial charge in [-0.15, -0.1) is 0 Å². The number of methoxy groups -OCH3 is 2. The maximum Gasteiger partial charge on any atom is 0.190 e. The standard InChI is InChI=1S/C20H31N5O2/c1-15-13-16(2)25(24-15)12-6-10-22-20(21-3)23-11-9-17-7-8-18(26-4)19(14-17)27-5/h7-8,13-14H,6,9-12H2,1-5H3,(H2,21,22,23). The van der Waals surface area contributed by atoms with Gasteiger partial charge in [-0.05, 0) is 50.5 Å². The summed E-state index contributed by atoms with van der Waals surface area (Å²) in [6.45, 7) is 6.63. The second-order valence-electron chi connectivity index (χ2n) is 6.37. The van der Waals surface area contributed by atoms with E-state index in [0.29, 0.717) is 0 Å². The van der Waals surface area contributed by atoms with E-state index in [9.17, 15) is 0 Å². The predicted octanol–water partition coefficient (Wildman–Crippen LogP) is 2.31. The number of nitrogens with one attached hydrogen (secondary N) is 2. The summed E-state index contributed by atoms with van der Waals surface area (Å²) in [5.41, 5.74) is 3.44. The number of hydrogen-bond acceptors (Lipinski definition) is 4. The van der Waals surface area contributed by atoms with Gasteiger partial charge in [-0.25, -0.2) is 0 Å². The highest BCUT2D eigenvalue weighted by Crippen LogP contribution is 2.27. The highest BCUT2D eigenvalue weighted by Gasteiger charge is 2.05. The third-order valence-corrected chi connectivity index (χ3v) is 4.32. The number of aromatic nitrogens is 2. The van der Waals surface area contributed by atoms with Crippen LogP contribution in [-0.4, -0.2) is 50.1 Å². The molecule has 0 aliphatic carbocycles. The van der Waals surface area contributed by atoms with Crippen molar-refractivity contribution in [1.82, 2.24) is 20.4 Å². The second-order valence-corrected chi connectivity index (χ2v) is 6.37. The lowest BCUT2D eigenvalue weighted by Gasteiger charge is -2.13. The van der Waals surface area contributed by atoms with Crippen LogP contribution in [0, 0.1) is 13.8 Å². The van der Waals surface area contributed by atoms with Gasteiger partial charge in [0.25, 0.3) is 0 Å². The zero-order chi connectivity index (χ0) is 19.6. The summed E-state index contributed by atoms with van der Waals surface area (Å²) in [6, 6.07) is 8.08. The molecule has 2 aromatic rings. The SMILES string of the molecule is CN=C(NCCCn1nc(C)cc1C)NCCc1ccc(OC)c(OC)c1. The lowest BCUT2D eigenvalue weighted by Crippen LogP contribution is -2.39. The Bertz CT molecular complexity index is 755. The molecule has 0 spiro atoms. The molecule has 2 rings (SSSR count). The molecule has 0 saturated carbocycles. The van der Waals surface area contributed by atoms with Crippen LogP contribution in [0.3, 0.4) is 0 Å². The normalized spacial score (nSPS) is 11.4. The van der Waals surface area contributed by atoms with Crippen LogP contribution >= 0.6 is 0 Å². The fourth-order valence-electron chi connectivity index (χ4n) is 2.92. The summed E-state index contributed by atoms with van der Waals surface area (Å²) in [7, 11) is 5.08. The molecule has 0 bridgehead atoms.